The fraction of sp³-hybridized carbons (Fsp3) is 0.158. The number of benzene rings is 2. The second-order valence-corrected chi connectivity index (χ2v) is 5.91. The van der Waals surface area contributed by atoms with E-state index in [1.807, 2.05) is 43.3 Å². The van der Waals surface area contributed by atoms with E-state index in [1.165, 1.54) is 4.90 Å². The summed E-state index contributed by atoms with van der Waals surface area (Å²) in [6.45, 7) is 1.94. The molecule has 2 aromatic carbocycles. The van der Waals surface area contributed by atoms with E-state index in [1.54, 1.807) is 26.4 Å². The zero-order valence-corrected chi connectivity index (χ0v) is 15.0. The molecule has 6 heteroatoms. The number of carbonyl (C=O) groups is 1. The Balaban J connectivity index is 1.97. The number of nitrogens with zero attached hydrogens (tertiary/aromatic N) is 1. The van der Waals surface area contributed by atoms with Gasteiger partial charge in [0.15, 0.2) is 5.11 Å². The Hall–Kier alpha value is -2.86. The Kier molecular flexibility index (Phi) is 4.72. The van der Waals surface area contributed by atoms with E-state index in [0.717, 1.165) is 16.8 Å². The molecule has 1 aliphatic rings. The minimum atomic E-state index is -0.197. The Morgan fingerprint density at radius 1 is 1.12 bits per heavy atom. The van der Waals surface area contributed by atoms with Gasteiger partial charge in [-0.05, 0) is 49.0 Å². The number of carbonyl (C=O) groups excluding carboxylic acids is 1. The Bertz CT molecular complexity index is 877. The van der Waals surface area contributed by atoms with Crippen LogP contribution in [-0.2, 0) is 4.79 Å². The quantitative estimate of drug-likeness (QED) is 0.675. The normalized spacial score (nSPS) is 15.5. The highest BCUT2D eigenvalue weighted by Gasteiger charge is 2.32. The van der Waals surface area contributed by atoms with E-state index < -0.39 is 0 Å². The van der Waals surface area contributed by atoms with Crippen LogP contribution in [0.4, 0.5) is 5.69 Å². The molecule has 0 atom stereocenters. The van der Waals surface area contributed by atoms with Crippen LogP contribution in [0.25, 0.3) is 6.08 Å². The summed E-state index contributed by atoms with van der Waals surface area (Å²) >= 11 is 5.36. The summed E-state index contributed by atoms with van der Waals surface area (Å²) in [5.74, 6) is 1.10. The number of rotatable bonds is 4. The van der Waals surface area contributed by atoms with Gasteiger partial charge in [-0.2, -0.15) is 0 Å². The first kappa shape index (κ1) is 17.0. The SMILES string of the molecule is COc1ccc(/C=C2/NC(=S)N(c3ccccc3C)C2=O)c(OC)c1. The van der Waals surface area contributed by atoms with Crippen molar-refractivity contribution in [2.45, 2.75) is 6.92 Å². The molecule has 0 aromatic heterocycles. The number of nitrogens with one attached hydrogen (secondary N) is 1. The average molecular weight is 354 g/mol. The van der Waals surface area contributed by atoms with Crippen LogP contribution in [0.3, 0.4) is 0 Å². The van der Waals surface area contributed by atoms with Crippen molar-refractivity contribution >= 4 is 35.0 Å². The number of para-hydroxylation sites is 1. The van der Waals surface area contributed by atoms with Crippen molar-refractivity contribution in [1.29, 1.82) is 0 Å². The third-order valence-electron chi connectivity index (χ3n) is 3.98. The van der Waals surface area contributed by atoms with Gasteiger partial charge in [0.05, 0.1) is 19.9 Å². The fourth-order valence-electron chi connectivity index (χ4n) is 2.66. The van der Waals surface area contributed by atoms with E-state index in [2.05, 4.69) is 5.32 Å². The van der Waals surface area contributed by atoms with Crippen LogP contribution < -0.4 is 19.7 Å². The lowest BCUT2D eigenvalue weighted by molar-refractivity contribution is -0.113. The highest BCUT2D eigenvalue weighted by atomic mass is 32.1. The van der Waals surface area contributed by atoms with Crippen molar-refractivity contribution in [2.75, 3.05) is 19.1 Å². The second-order valence-electron chi connectivity index (χ2n) is 5.52. The maximum Gasteiger partial charge on any atom is 0.281 e. The molecule has 128 valence electrons. The van der Waals surface area contributed by atoms with Gasteiger partial charge < -0.3 is 14.8 Å². The molecular weight excluding hydrogens is 336 g/mol. The molecule has 2 aromatic rings. The molecular formula is C19H18N2O3S. The molecule has 0 saturated carbocycles. The van der Waals surface area contributed by atoms with Crippen LogP contribution in [-0.4, -0.2) is 25.2 Å². The van der Waals surface area contributed by atoms with Crippen molar-refractivity contribution in [3.05, 3.63) is 59.3 Å². The number of hydrogen-bond acceptors (Lipinski definition) is 4. The molecule has 1 N–H and O–H groups in total. The van der Waals surface area contributed by atoms with Crippen LogP contribution in [0.15, 0.2) is 48.2 Å². The summed E-state index contributed by atoms with van der Waals surface area (Å²) < 4.78 is 10.6. The van der Waals surface area contributed by atoms with Crippen molar-refractivity contribution < 1.29 is 14.3 Å². The molecule has 5 nitrogen and oxygen atoms in total. The summed E-state index contributed by atoms with van der Waals surface area (Å²) in [5, 5.41) is 3.35. The highest BCUT2D eigenvalue weighted by Crippen LogP contribution is 2.29. The lowest BCUT2D eigenvalue weighted by atomic mass is 10.1. The van der Waals surface area contributed by atoms with E-state index in [4.69, 9.17) is 21.7 Å². The van der Waals surface area contributed by atoms with Gasteiger partial charge >= 0.3 is 0 Å². The summed E-state index contributed by atoms with van der Waals surface area (Å²) in [6.07, 6.45) is 1.73. The molecule has 0 unspecified atom stereocenters. The Labute approximate surface area is 151 Å². The van der Waals surface area contributed by atoms with Gasteiger partial charge in [0.1, 0.15) is 17.2 Å². The molecule has 1 heterocycles. The van der Waals surface area contributed by atoms with Crippen molar-refractivity contribution in [2.24, 2.45) is 0 Å². The molecule has 1 amide bonds. The number of aryl methyl sites for hydroxylation is 1. The molecule has 0 aliphatic carbocycles. The van der Waals surface area contributed by atoms with Gasteiger partial charge in [-0.25, -0.2) is 0 Å². The molecule has 1 fully saturated rings. The van der Waals surface area contributed by atoms with Gasteiger partial charge in [0, 0.05) is 11.6 Å². The summed E-state index contributed by atoms with van der Waals surface area (Å²) in [5.41, 5.74) is 2.91. The molecule has 0 spiro atoms. The van der Waals surface area contributed by atoms with Crippen LogP contribution in [0.2, 0.25) is 0 Å². The second kappa shape index (κ2) is 6.94. The minimum absolute atomic E-state index is 0.197. The van der Waals surface area contributed by atoms with Crippen molar-refractivity contribution in [3.63, 3.8) is 0 Å². The first-order chi connectivity index (χ1) is 12.0. The van der Waals surface area contributed by atoms with Gasteiger partial charge in [0.25, 0.3) is 5.91 Å². The third-order valence-corrected chi connectivity index (χ3v) is 4.26. The van der Waals surface area contributed by atoms with Gasteiger partial charge in [0.2, 0.25) is 0 Å². The van der Waals surface area contributed by atoms with E-state index in [0.29, 0.717) is 22.3 Å². The van der Waals surface area contributed by atoms with E-state index >= 15 is 0 Å². The minimum Gasteiger partial charge on any atom is -0.497 e. The topological polar surface area (TPSA) is 50.8 Å². The predicted molar refractivity (Wildman–Crippen MR) is 102 cm³/mol. The van der Waals surface area contributed by atoms with Crippen molar-refractivity contribution in [1.82, 2.24) is 5.32 Å². The highest BCUT2D eigenvalue weighted by molar-refractivity contribution is 7.80. The Morgan fingerprint density at radius 2 is 1.88 bits per heavy atom. The van der Waals surface area contributed by atoms with Gasteiger partial charge in [-0.15, -0.1) is 0 Å². The molecule has 1 saturated heterocycles. The van der Waals surface area contributed by atoms with Gasteiger partial charge in [-0.1, -0.05) is 18.2 Å². The largest absolute Gasteiger partial charge is 0.497 e. The smallest absolute Gasteiger partial charge is 0.281 e. The van der Waals surface area contributed by atoms with Crippen LogP contribution in [0, 0.1) is 6.92 Å². The maximum absolute atomic E-state index is 12.8. The fourth-order valence-corrected chi connectivity index (χ4v) is 2.95. The number of anilines is 1. The monoisotopic (exact) mass is 354 g/mol. The summed E-state index contributed by atoms with van der Waals surface area (Å²) in [7, 11) is 3.17. The maximum atomic E-state index is 12.8. The summed E-state index contributed by atoms with van der Waals surface area (Å²) in [4.78, 5) is 14.3. The molecule has 3 rings (SSSR count). The van der Waals surface area contributed by atoms with Gasteiger partial charge in [-0.3, -0.25) is 9.69 Å². The number of amides is 1. The average Bonchev–Trinajstić information content (AvgIpc) is 2.89. The molecule has 0 radical (unpaired) electrons. The number of hydrogen-bond donors (Lipinski definition) is 1. The Morgan fingerprint density at radius 3 is 2.56 bits per heavy atom. The molecule has 1 aliphatic heterocycles. The number of thiocarbonyl (C=S) groups is 1. The van der Waals surface area contributed by atoms with Crippen LogP contribution in [0.5, 0.6) is 11.5 Å². The summed E-state index contributed by atoms with van der Waals surface area (Å²) in [6, 6.07) is 13.0. The van der Waals surface area contributed by atoms with Crippen LogP contribution >= 0.6 is 12.2 Å². The molecule has 0 bridgehead atoms. The lowest BCUT2D eigenvalue weighted by Gasteiger charge is -2.16. The van der Waals surface area contributed by atoms with Crippen LogP contribution in [0.1, 0.15) is 11.1 Å². The van der Waals surface area contributed by atoms with E-state index in [-0.39, 0.29) is 5.91 Å². The van der Waals surface area contributed by atoms with E-state index in [9.17, 15) is 4.79 Å². The number of methoxy groups -OCH3 is 2. The lowest BCUT2D eigenvalue weighted by Crippen LogP contribution is -2.30. The zero-order valence-electron chi connectivity index (χ0n) is 14.2. The zero-order chi connectivity index (χ0) is 18.0. The number of ether oxygens (including phenoxy) is 2. The predicted octanol–water partition coefficient (Wildman–Crippen LogP) is 3.27. The third kappa shape index (κ3) is 3.21. The first-order valence-electron chi connectivity index (χ1n) is 7.70. The molecule has 25 heavy (non-hydrogen) atoms. The first-order valence-corrected chi connectivity index (χ1v) is 8.10. The standard InChI is InChI=1S/C19H18N2O3S/c1-12-6-4-5-7-16(12)21-18(22)15(20-19(21)25)10-13-8-9-14(23-2)11-17(13)24-3/h4-11H,1-3H3,(H,20,25)/b15-10+. The van der Waals surface area contributed by atoms with Crippen molar-refractivity contribution in [3.8, 4) is 11.5 Å².